The summed E-state index contributed by atoms with van der Waals surface area (Å²) in [5.74, 6) is 0.0372. The number of amides is 2. The normalized spacial score (nSPS) is 15.8. The van der Waals surface area contributed by atoms with Crippen LogP contribution in [-0.4, -0.2) is 59.6 Å². The molecule has 2 aromatic rings. The first kappa shape index (κ1) is 22.2. The van der Waals surface area contributed by atoms with Crippen LogP contribution in [0.25, 0.3) is 0 Å². The molecule has 0 radical (unpaired) electrons. The van der Waals surface area contributed by atoms with E-state index in [0.29, 0.717) is 36.9 Å². The van der Waals surface area contributed by atoms with Crippen LogP contribution in [-0.2, 0) is 9.59 Å². The third kappa shape index (κ3) is 6.47. The number of nitrogens with zero attached hydrogens (tertiary/aromatic N) is 2. The molecule has 2 amide bonds. The molecule has 0 spiro atoms. The second kappa shape index (κ2) is 10.5. The number of hydrogen-bond donors (Lipinski definition) is 1. The van der Waals surface area contributed by atoms with Crippen LogP contribution >= 0.6 is 39.3 Å². The van der Waals surface area contributed by atoms with Crippen LogP contribution in [0.5, 0.6) is 0 Å². The Hall–Kier alpha value is -1.54. The molecule has 1 atom stereocenters. The molecule has 1 saturated heterocycles. The Balaban J connectivity index is 1.44. The lowest BCUT2D eigenvalue weighted by Crippen LogP contribution is -2.52. The van der Waals surface area contributed by atoms with Gasteiger partial charge in [0.15, 0.2) is 0 Å². The Bertz CT molecular complexity index is 857. The van der Waals surface area contributed by atoms with E-state index in [9.17, 15) is 9.59 Å². The van der Waals surface area contributed by atoms with Crippen LogP contribution in [0.1, 0.15) is 6.92 Å². The molecule has 29 heavy (non-hydrogen) atoms. The first-order valence-corrected chi connectivity index (χ1v) is 11.4. The average Bonchev–Trinajstić information content (AvgIpc) is 2.71. The fourth-order valence-corrected chi connectivity index (χ4v) is 4.51. The van der Waals surface area contributed by atoms with Gasteiger partial charge in [-0.1, -0.05) is 39.7 Å². The van der Waals surface area contributed by atoms with Gasteiger partial charge in [0.1, 0.15) is 0 Å². The standard InChI is InChI=1S/C21H23BrClN3O2S/c1-15(29-17-8-6-16(22)7-9-17)21(28)26-12-10-25(11-13-26)14-20(27)24-19-5-3-2-4-18(19)23/h2-9,15H,10-14H2,1H3,(H,24,27). The van der Waals surface area contributed by atoms with E-state index in [4.69, 9.17) is 11.6 Å². The minimum Gasteiger partial charge on any atom is -0.339 e. The lowest BCUT2D eigenvalue weighted by molar-refractivity contribution is -0.132. The van der Waals surface area contributed by atoms with Crippen LogP contribution in [0.4, 0.5) is 5.69 Å². The van der Waals surface area contributed by atoms with E-state index >= 15 is 0 Å². The zero-order chi connectivity index (χ0) is 20.8. The van der Waals surface area contributed by atoms with Gasteiger partial charge in [0, 0.05) is 35.5 Å². The van der Waals surface area contributed by atoms with Crippen molar-refractivity contribution in [3.05, 3.63) is 58.0 Å². The first-order chi connectivity index (χ1) is 13.9. The molecule has 0 aromatic heterocycles. The molecule has 0 bridgehead atoms. The molecule has 154 valence electrons. The van der Waals surface area contributed by atoms with Crippen molar-refractivity contribution >= 4 is 56.8 Å². The average molecular weight is 497 g/mol. The summed E-state index contributed by atoms with van der Waals surface area (Å²) in [6.07, 6.45) is 0. The van der Waals surface area contributed by atoms with Crippen LogP contribution in [0.15, 0.2) is 57.9 Å². The minimum absolute atomic E-state index is 0.1000. The Morgan fingerprint density at radius 1 is 1.10 bits per heavy atom. The Morgan fingerprint density at radius 3 is 2.41 bits per heavy atom. The lowest BCUT2D eigenvalue weighted by atomic mass is 10.2. The van der Waals surface area contributed by atoms with Crippen LogP contribution in [0, 0.1) is 0 Å². The molecular weight excluding hydrogens is 474 g/mol. The number of para-hydroxylation sites is 1. The number of benzene rings is 2. The van der Waals surface area contributed by atoms with Gasteiger partial charge in [0.2, 0.25) is 11.8 Å². The second-order valence-corrected chi connectivity index (χ2v) is 9.58. The minimum atomic E-state index is -0.147. The summed E-state index contributed by atoms with van der Waals surface area (Å²) < 4.78 is 1.02. The molecule has 1 heterocycles. The van der Waals surface area contributed by atoms with Gasteiger partial charge in [-0.2, -0.15) is 0 Å². The molecule has 2 aromatic carbocycles. The number of piperazine rings is 1. The van der Waals surface area contributed by atoms with Gasteiger partial charge in [-0.3, -0.25) is 14.5 Å². The van der Waals surface area contributed by atoms with Gasteiger partial charge >= 0.3 is 0 Å². The highest BCUT2D eigenvalue weighted by Crippen LogP contribution is 2.26. The highest BCUT2D eigenvalue weighted by molar-refractivity contribution is 9.10. The Labute approximate surface area is 188 Å². The van der Waals surface area contributed by atoms with Crippen molar-refractivity contribution in [1.29, 1.82) is 0 Å². The lowest BCUT2D eigenvalue weighted by Gasteiger charge is -2.35. The number of thioether (sulfide) groups is 1. The Kier molecular flexibility index (Phi) is 8.00. The summed E-state index contributed by atoms with van der Waals surface area (Å²) in [5, 5.41) is 3.22. The quantitative estimate of drug-likeness (QED) is 0.604. The smallest absolute Gasteiger partial charge is 0.238 e. The number of anilines is 1. The van der Waals surface area contributed by atoms with Gasteiger partial charge in [0.25, 0.3) is 0 Å². The maximum atomic E-state index is 12.8. The predicted molar refractivity (Wildman–Crippen MR) is 123 cm³/mol. The monoisotopic (exact) mass is 495 g/mol. The first-order valence-electron chi connectivity index (χ1n) is 9.40. The van der Waals surface area contributed by atoms with Crippen molar-refractivity contribution in [2.75, 3.05) is 38.0 Å². The topological polar surface area (TPSA) is 52.7 Å². The summed E-state index contributed by atoms with van der Waals surface area (Å²) in [6.45, 7) is 4.84. The number of carbonyl (C=O) groups is 2. The molecule has 0 saturated carbocycles. The summed E-state index contributed by atoms with van der Waals surface area (Å²) in [4.78, 5) is 30.1. The van der Waals surface area contributed by atoms with Crippen molar-refractivity contribution < 1.29 is 9.59 Å². The maximum absolute atomic E-state index is 12.8. The third-order valence-corrected chi connectivity index (χ3v) is 6.63. The number of rotatable bonds is 6. The SMILES string of the molecule is CC(Sc1ccc(Br)cc1)C(=O)N1CCN(CC(=O)Nc2ccccc2Cl)CC1. The highest BCUT2D eigenvalue weighted by Gasteiger charge is 2.26. The van der Waals surface area contributed by atoms with E-state index in [1.165, 1.54) is 0 Å². The van der Waals surface area contributed by atoms with E-state index in [1.54, 1.807) is 23.9 Å². The van der Waals surface area contributed by atoms with Gasteiger partial charge in [-0.05, 0) is 43.3 Å². The number of carbonyl (C=O) groups excluding carboxylic acids is 2. The van der Waals surface area contributed by atoms with E-state index in [-0.39, 0.29) is 23.6 Å². The summed E-state index contributed by atoms with van der Waals surface area (Å²) in [5.41, 5.74) is 0.617. The van der Waals surface area contributed by atoms with Gasteiger partial charge < -0.3 is 10.2 Å². The van der Waals surface area contributed by atoms with Crippen molar-refractivity contribution in [1.82, 2.24) is 9.80 Å². The van der Waals surface area contributed by atoms with Gasteiger partial charge in [0.05, 0.1) is 22.5 Å². The van der Waals surface area contributed by atoms with Crippen molar-refractivity contribution in [2.24, 2.45) is 0 Å². The fraction of sp³-hybridized carbons (Fsp3) is 0.333. The molecular formula is C21H23BrClN3O2S. The van der Waals surface area contributed by atoms with Crippen LogP contribution in [0.3, 0.4) is 0 Å². The highest BCUT2D eigenvalue weighted by atomic mass is 79.9. The summed E-state index contributed by atoms with van der Waals surface area (Å²) in [6, 6.07) is 15.2. The molecule has 8 heteroatoms. The number of halogens is 2. The second-order valence-electron chi connectivity index (χ2n) is 6.84. The predicted octanol–water partition coefficient (Wildman–Crippen LogP) is 4.37. The molecule has 1 aliphatic rings. The zero-order valence-corrected chi connectivity index (χ0v) is 19.3. The summed E-state index contributed by atoms with van der Waals surface area (Å²) in [7, 11) is 0. The Morgan fingerprint density at radius 2 is 1.76 bits per heavy atom. The van der Waals surface area contributed by atoms with Gasteiger partial charge in [-0.15, -0.1) is 11.8 Å². The fourth-order valence-electron chi connectivity index (χ4n) is 3.11. The van der Waals surface area contributed by atoms with Crippen LogP contribution in [0.2, 0.25) is 5.02 Å². The van der Waals surface area contributed by atoms with E-state index in [0.717, 1.165) is 9.37 Å². The molecule has 1 N–H and O–H groups in total. The van der Waals surface area contributed by atoms with Crippen molar-refractivity contribution in [2.45, 2.75) is 17.1 Å². The molecule has 5 nitrogen and oxygen atoms in total. The molecule has 1 fully saturated rings. The van der Waals surface area contributed by atoms with E-state index in [2.05, 4.69) is 26.1 Å². The maximum Gasteiger partial charge on any atom is 0.238 e. The molecule has 0 aliphatic carbocycles. The largest absolute Gasteiger partial charge is 0.339 e. The van der Waals surface area contributed by atoms with Crippen molar-refractivity contribution in [3.63, 3.8) is 0 Å². The summed E-state index contributed by atoms with van der Waals surface area (Å²) >= 11 is 11.1. The third-order valence-electron chi connectivity index (χ3n) is 4.67. The molecule has 3 rings (SSSR count). The molecule has 1 unspecified atom stereocenters. The van der Waals surface area contributed by atoms with Gasteiger partial charge in [-0.25, -0.2) is 0 Å². The zero-order valence-electron chi connectivity index (χ0n) is 16.1. The molecule has 1 aliphatic heterocycles. The number of nitrogens with one attached hydrogen (secondary N) is 1. The number of hydrogen-bond acceptors (Lipinski definition) is 4. The van der Waals surface area contributed by atoms with Crippen molar-refractivity contribution in [3.8, 4) is 0 Å². The van der Waals surface area contributed by atoms with E-state index in [1.807, 2.05) is 48.2 Å². The van der Waals surface area contributed by atoms with E-state index < -0.39 is 0 Å². The van der Waals surface area contributed by atoms with Crippen LogP contribution < -0.4 is 5.32 Å².